The molecule has 0 bridgehead atoms. The maximum atomic E-state index is 2.31. The Bertz CT molecular complexity index is 403. The Morgan fingerprint density at radius 3 is 2.36 bits per heavy atom. The van der Waals surface area contributed by atoms with Crippen molar-refractivity contribution in [1.29, 1.82) is 0 Å². The van der Waals surface area contributed by atoms with Gasteiger partial charge in [0, 0.05) is 4.88 Å². The topological polar surface area (TPSA) is 0 Å². The SMILES string of the molecule is CP(C)c1ccsc1-c1ccccc1. The molecule has 0 atom stereocenters. The van der Waals surface area contributed by atoms with Crippen LogP contribution in [0.1, 0.15) is 0 Å². The van der Waals surface area contributed by atoms with Crippen LogP contribution in [0.3, 0.4) is 0 Å². The Balaban J connectivity index is 2.47. The molecule has 1 aromatic carbocycles. The van der Waals surface area contributed by atoms with Crippen molar-refractivity contribution in [1.82, 2.24) is 0 Å². The van der Waals surface area contributed by atoms with Crippen LogP contribution in [0.25, 0.3) is 10.4 Å². The maximum absolute atomic E-state index is 2.31. The lowest BCUT2D eigenvalue weighted by molar-refractivity contribution is 1.71. The lowest BCUT2D eigenvalue weighted by atomic mass is 10.2. The van der Waals surface area contributed by atoms with Crippen molar-refractivity contribution in [3.05, 3.63) is 41.8 Å². The fourth-order valence-corrected chi connectivity index (χ4v) is 3.98. The smallest absolute Gasteiger partial charge is 0.0419 e. The molecule has 0 saturated heterocycles. The van der Waals surface area contributed by atoms with Gasteiger partial charge < -0.3 is 0 Å². The molecular weight excluding hydrogens is 207 g/mol. The average molecular weight is 220 g/mol. The van der Waals surface area contributed by atoms with E-state index in [0.29, 0.717) is 0 Å². The highest BCUT2D eigenvalue weighted by molar-refractivity contribution is 7.65. The van der Waals surface area contributed by atoms with Gasteiger partial charge in [0.15, 0.2) is 0 Å². The second-order valence-electron chi connectivity index (χ2n) is 3.40. The summed E-state index contributed by atoms with van der Waals surface area (Å²) in [6.07, 6.45) is 0. The Hall–Kier alpha value is -0.650. The first-order chi connectivity index (χ1) is 6.79. The Morgan fingerprint density at radius 2 is 1.71 bits per heavy atom. The van der Waals surface area contributed by atoms with E-state index in [1.165, 1.54) is 15.7 Å². The molecule has 1 heterocycles. The average Bonchev–Trinajstić information content (AvgIpc) is 2.67. The van der Waals surface area contributed by atoms with Gasteiger partial charge in [-0.25, -0.2) is 0 Å². The summed E-state index contributed by atoms with van der Waals surface area (Å²) in [6.45, 7) is 4.62. The van der Waals surface area contributed by atoms with Crippen molar-refractivity contribution in [2.75, 3.05) is 13.3 Å². The summed E-state index contributed by atoms with van der Waals surface area (Å²) in [5.41, 5.74) is 1.36. The van der Waals surface area contributed by atoms with Crippen molar-refractivity contribution in [3.63, 3.8) is 0 Å². The lowest BCUT2D eigenvalue weighted by Crippen LogP contribution is -1.97. The summed E-state index contributed by atoms with van der Waals surface area (Å²) in [4.78, 5) is 1.45. The van der Waals surface area contributed by atoms with E-state index < -0.39 is 0 Å². The highest BCUT2D eigenvalue weighted by Crippen LogP contribution is 2.34. The number of thiophene rings is 1. The van der Waals surface area contributed by atoms with Crippen molar-refractivity contribution in [2.24, 2.45) is 0 Å². The number of hydrogen-bond donors (Lipinski definition) is 0. The predicted octanol–water partition coefficient (Wildman–Crippen LogP) is 3.78. The van der Waals surface area contributed by atoms with Gasteiger partial charge >= 0.3 is 0 Å². The third kappa shape index (κ3) is 1.89. The first-order valence-electron chi connectivity index (χ1n) is 4.59. The van der Waals surface area contributed by atoms with Crippen molar-refractivity contribution >= 4 is 24.6 Å². The molecule has 72 valence electrons. The Morgan fingerprint density at radius 1 is 1.00 bits per heavy atom. The molecule has 0 aliphatic rings. The molecule has 0 radical (unpaired) electrons. The van der Waals surface area contributed by atoms with Crippen molar-refractivity contribution in [3.8, 4) is 10.4 Å². The van der Waals surface area contributed by atoms with Gasteiger partial charge in [0.1, 0.15) is 0 Å². The normalized spacial score (nSPS) is 10.8. The minimum absolute atomic E-state index is 0.00747. The summed E-state index contributed by atoms with van der Waals surface area (Å²) in [6, 6.07) is 12.9. The second kappa shape index (κ2) is 4.25. The zero-order chi connectivity index (χ0) is 9.97. The molecule has 0 fully saturated rings. The van der Waals surface area contributed by atoms with Crippen LogP contribution in [0.4, 0.5) is 0 Å². The van der Waals surface area contributed by atoms with Crippen LogP contribution in [0.2, 0.25) is 0 Å². The summed E-state index contributed by atoms with van der Waals surface area (Å²) < 4.78 is 0. The van der Waals surface area contributed by atoms with E-state index in [2.05, 4.69) is 55.1 Å². The molecule has 0 spiro atoms. The van der Waals surface area contributed by atoms with Crippen LogP contribution >= 0.6 is 19.3 Å². The monoisotopic (exact) mass is 220 g/mol. The van der Waals surface area contributed by atoms with Gasteiger partial charge in [-0.15, -0.1) is 11.3 Å². The zero-order valence-corrected chi connectivity index (χ0v) is 10.1. The molecule has 0 N–H and O–H groups in total. The second-order valence-corrected chi connectivity index (χ2v) is 6.58. The first kappa shape index (κ1) is 9.89. The molecule has 2 heteroatoms. The summed E-state index contributed by atoms with van der Waals surface area (Å²) in [7, 11) is 0.00747. The molecule has 1 aromatic heterocycles. The van der Waals surface area contributed by atoms with Crippen LogP contribution in [0.15, 0.2) is 41.8 Å². The fourth-order valence-electron chi connectivity index (χ4n) is 1.46. The van der Waals surface area contributed by atoms with Crippen LogP contribution in [0, 0.1) is 0 Å². The van der Waals surface area contributed by atoms with Gasteiger partial charge in [-0.3, -0.25) is 0 Å². The first-order valence-corrected chi connectivity index (χ1v) is 7.71. The van der Waals surface area contributed by atoms with Crippen molar-refractivity contribution < 1.29 is 0 Å². The molecule has 2 rings (SSSR count). The fraction of sp³-hybridized carbons (Fsp3) is 0.167. The van der Waals surface area contributed by atoms with Crippen LogP contribution in [-0.4, -0.2) is 13.3 Å². The molecule has 0 saturated carbocycles. The van der Waals surface area contributed by atoms with E-state index in [9.17, 15) is 0 Å². The third-order valence-corrected chi connectivity index (χ3v) is 4.61. The summed E-state index contributed by atoms with van der Waals surface area (Å²) in [5, 5.41) is 3.72. The molecule has 0 aliphatic carbocycles. The minimum atomic E-state index is 0.00747. The summed E-state index contributed by atoms with van der Waals surface area (Å²) in [5.74, 6) is 0. The summed E-state index contributed by atoms with van der Waals surface area (Å²) >= 11 is 1.85. The molecule has 0 unspecified atom stereocenters. The van der Waals surface area contributed by atoms with E-state index in [4.69, 9.17) is 0 Å². The van der Waals surface area contributed by atoms with Gasteiger partial charge in [-0.05, 0) is 35.6 Å². The van der Waals surface area contributed by atoms with Gasteiger partial charge in [0.05, 0.1) is 0 Å². The number of hydrogen-bond acceptors (Lipinski definition) is 1. The highest BCUT2D eigenvalue weighted by Gasteiger charge is 2.08. The van der Waals surface area contributed by atoms with E-state index in [1.807, 2.05) is 11.3 Å². The Kier molecular flexibility index (Phi) is 3.00. The number of benzene rings is 1. The van der Waals surface area contributed by atoms with Crippen LogP contribution < -0.4 is 5.30 Å². The van der Waals surface area contributed by atoms with E-state index >= 15 is 0 Å². The quantitative estimate of drug-likeness (QED) is 0.676. The standard InChI is InChI=1S/C12H13PS/c1-13(2)11-8-9-14-12(11)10-6-4-3-5-7-10/h3-9H,1-2H3. The van der Waals surface area contributed by atoms with E-state index in [0.717, 1.165) is 0 Å². The molecule has 0 aliphatic heterocycles. The van der Waals surface area contributed by atoms with Gasteiger partial charge in [0.25, 0.3) is 0 Å². The molecule has 2 aromatic rings. The maximum Gasteiger partial charge on any atom is 0.0419 e. The molecule has 14 heavy (non-hydrogen) atoms. The van der Waals surface area contributed by atoms with Gasteiger partial charge in [0.2, 0.25) is 0 Å². The molecule has 0 amide bonds. The minimum Gasteiger partial charge on any atom is -0.143 e. The third-order valence-electron chi connectivity index (χ3n) is 2.16. The molecular formula is C12H13PS. The molecule has 0 nitrogen and oxygen atoms in total. The zero-order valence-electron chi connectivity index (χ0n) is 8.40. The van der Waals surface area contributed by atoms with E-state index in [1.54, 1.807) is 0 Å². The Labute approximate surface area is 90.4 Å². The van der Waals surface area contributed by atoms with E-state index in [-0.39, 0.29) is 7.92 Å². The van der Waals surface area contributed by atoms with Crippen LogP contribution in [-0.2, 0) is 0 Å². The van der Waals surface area contributed by atoms with Crippen molar-refractivity contribution in [2.45, 2.75) is 0 Å². The largest absolute Gasteiger partial charge is 0.143 e. The lowest BCUT2D eigenvalue weighted by Gasteiger charge is -2.07. The highest BCUT2D eigenvalue weighted by atomic mass is 32.1. The van der Waals surface area contributed by atoms with Crippen LogP contribution in [0.5, 0.6) is 0 Å². The van der Waals surface area contributed by atoms with Gasteiger partial charge in [-0.1, -0.05) is 38.3 Å². The predicted molar refractivity (Wildman–Crippen MR) is 68.2 cm³/mol. The number of rotatable bonds is 2. The van der Waals surface area contributed by atoms with Gasteiger partial charge in [-0.2, -0.15) is 0 Å².